The van der Waals surface area contributed by atoms with Crippen molar-refractivity contribution in [2.75, 3.05) is 20.1 Å². The quantitative estimate of drug-likeness (QED) is 0.586. The summed E-state index contributed by atoms with van der Waals surface area (Å²) in [6.07, 6.45) is 2.97. The van der Waals surface area contributed by atoms with Gasteiger partial charge < -0.3 is 10.2 Å². The first-order valence-corrected chi connectivity index (χ1v) is 10.7. The van der Waals surface area contributed by atoms with E-state index in [1.54, 1.807) is 30.1 Å². The summed E-state index contributed by atoms with van der Waals surface area (Å²) in [4.78, 5) is 26.5. The van der Waals surface area contributed by atoms with Gasteiger partial charge >= 0.3 is 0 Å². The van der Waals surface area contributed by atoms with Crippen molar-refractivity contribution in [3.05, 3.63) is 58.0 Å². The highest BCUT2D eigenvalue weighted by Crippen LogP contribution is 2.24. The maximum absolute atomic E-state index is 13.4. The predicted molar refractivity (Wildman–Crippen MR) is 112 cm³/mol. The highest BCUT2D eigenvalue weighted by atomic mass is 32.1. The Kier molecular flexibility index (Phi) is 7.74. The number of carbonyl (C=O) groups excluding carboxylic acids is 2. The molecule has 0 bridgehead atoms. The van der Waals surface area contributed by atoms with Crippen molar-refractivity contribution in [1.29, 1.82) is 0 Å². The summed E-state index contributed by atoms with van der Waals surface area (Å²) < 4.78 is 13.4. The van der Waals surface area contributed by atoms with E-state index in [1.165, 1.54) is 17.4 Å². The summed E-state index contributed by atoms with van der Waals surface area (Å²) in [7, 11) is 1.79. The summed E-state index contributed by atoms with van der Waals surface area (Å²) in [6, 6.07) is 10.6. The first-order valence-electron chi connectivity index (χ1n) is 9.85. The van der Waals surface area contributed by atoms with Crippen molar-refractivity contribution in [1.82, 2.24) is 21.1 Å². The van der Waals surface area contributed by atoms with Crippen molar-refractivity contribution < 1.29 is 14.0 Å². The zero-order chi connectivity index (χ0) is 20.6. The summed E-state index contributed by atoms with van der Waals surface area (Å²) >= 11 is 1.38. The van der Waals surface area contributed by atoms with Crippen LogP contribution in [0, 0.1) is 5.82 Å². The molecule has 1 aliphatic rings. The summed E-state index contributed by atoms with van der Waals surface area (Å²) in [6.45, 7) is 1.00. The Bertz CT molecular complexity index is 815. The minimum atomic E-state index is -0.223. The first-order chi connectivity index (χ1) is 14.0. The molecule has 156 valence electrons. The van der Waals surface area contributed by atoms with E-state index in [-0.39, 0.29) is 29.7 Å². The number of carbonyl (C=O) groups is 2. The van der Waals surface area contributed by atoms with Crippen LogP contribution in [0.25, 0.3) is 0 Å². The van der Waals surface area contributed by atoms with Crippen LogP contribution >= 0.6 is 11.3 Å². The first kappa shape index (κ1) is 21.4. The van der Waals surface area contributed by atoms with Crippen molar-refractivity contribution in [2.45, 2.75) is 37.8 Å². The van der Waals surface area contributed by atoms with Gasteiger partial charge in [0.2, 0.25) is 5.91 Å². The molecule has 1 saturated heterocycles. The highest BCUT2D eigenvalue weighted by molar-refractivity contribution is 7.12. The third-order valence-corrected chi connectivity index (χ3v) is 5.94. The smallest absolute Gasteiger partial charge is 0.261 e. The van der Waals surface area contributed by atoms with Crippen LogP contribution in [0.5, 0.6) is 0 Å². The molecule has 2 aromatic rings. The second kappa shape index (κ2) is 10.5. The van der Waals surface area contributed by atoms with Crippen LogP contribution in [-0.2, 0) is 4.79 Å². The van der Waals surface area contributed by atoms with Gasteiger partial charge in [-0.25, -0.2) is 4.39 Å². The topological polar surface area (TPSA) is 73.5 Å². The molecule has 1 aromatic heterocycles. The Morgan fingerprint density at radius 2 is 2.14 bits per heavy atom. The molecular formula is C21H27FN4O2S. The van der Waals surface area contributed by atoms with Gasteiger partial charge in [-0.2, -0.15) is 0 Å². The fourth-order valence-corrected chi connectivity index (χ4v) is 4.06. The van der Waals surface area contributed by atoms with Gasteiger partial charge in [0, 0.05) is 38.6 Å². The van der Waals surface area contributed by atoms with Crippen LogP contribution in [0.1, 0.15) is 47.0 Å². The van der Waals surface area contributed by atoms with E-state index in [9.17, 15) is 14.0 Å². The molecule has 3 rings (SSSR count). The lowest BCUT2D eigenvalue weighted by atomic mass is 9.99. The van der Waals surface area contributed by atoms with Crippen molar-refractivity contribution >= 4 is 23.2 Å². The molecule has 2 amide bonds. The van der Waals surface area contributed by atoms with Gasteiger partial charge in [-0.1, -0.05) is 18.2 Å². The second-order valence-corrected chi connectivity index (χ2v) is 8.22. The molecule has 1 aliphatic heterocycles. The monoisotopic (exact) mass is 418 g/mol. The number of nitrogens with one attached hydrogen (secondary N) is 3. The molecule has 0 radical (unpaired) electrons. The molecule has 6 nitrogen and oxygen atoms in total. The van der Waals surface area contributed by atoms with Crippen LogP contribution in [0.15, 0.2) is 41.8 Å². The standard InChI is InChI=1S/C21H27FN4O2S/c1-26(20(27)9-10-23-21(28)19-8-4-12-29-19)11-3-7-17-14-18(25-24-17)15-5-2-6-16(22)13-15/h2,4-6,8,12-13,17-18,24-25H,3,7,9-11,14H2,1H3,(H,23,28). The van der Waals surface area contributed by atoms with Crippen LogP contribution < -0.4 is 16.2 Å². The predicted octanol–water partition coefficient (Wildman–Crippen LogP) is 2.85. The third kappa shape index (κ3) is 6.35. The Balaban J connectivity index is 1.31. The Labute approximate surface area is 174 Å². The minimum absolute atomic E-state index is 0.0200. The van der Waals surface area contributed by atoms with Gasteiger partial charge in [-0.15, -0.1) is 11.3 Å². The molecule has 0 spiro atoms. The van der Waals surface area contributed by atoms with E-state index >= 15 is 0 Å². The molecule has 2 atom stereocenters. The van der Waals surface area contributed by atoms with Gasteiger partial charge in [-0.05, 0) is 48.4 Å². The van der Waals surface area contributed by atoms with Gasteiger partial charge in [0.25, 0.3) is 5.91 Å². The van der Waals surface area contributed by atoms with Gasteiger partial charge in [-0.3, -0.25) is 20.4 Å². The molecule has 2 unspecified atom stereocenters. The number of nitrogens with zero attached hydrogens (tertiary/aromatic N) is 1. The van der Waals surface area contributed by atoms with Crippen LogP contribution in [0.4, 0.5) is 4.39 Å². The van der Waals surface area contributed by atoms with E-state index in [0.717, 1.165) is 24.8 Å². The number of halogens is 1. The number of hydrogen-bond acceptors (Lipinski definition) is 5. The summed E-state index contributed by atoms with van der Waals surface area (Å²) in [5.74, 6) is -0.339. The molecule has 2 heterocycles. The van der Waals surface area contributed by atoms with Crippen LogP contribution in [-0.4, -0.2) is 42.9 Å². The van der Waals surface area contributed by atoms with Gasteiger partial charge in [0.1, 0.15) is 5.82 Å². The zero-order valence-electron chi connectivity index (χ0n) is 16.5. The molecule has 29 heavy (non-hydrogen) atoms. The zero-order valence-corrected chi connectivity index (χ0v) is 17.3. The van der Waals surface area contributed by atoms with Gasteiger partial charge in [0.05, 0.1) is 4.88 Å². The lowest BCUT2D eigenvalue weighted by Crippen LogP contribution is -2.34. The van der Waals surface area contributed by atoms with Crippen molar-refractivity contribution in [2.24, 2.45) is 0 Å². The Morgan fingerprint density at radius 3 is 2.90 bits per heavy atom. The SMILES string of the molecule is CN(CCCC1CC(c2cccc(F)c2)NN1)C(=O)CCNC(=O)c1cccs1. The van der Waals surface area contributed by atoms with Crippen LogP contribution in [0.3, 0.4) is 0 Å². The summed E-state index contributed by atoms with van der Waals surface area (Å²) in [5.41, 5.74) is 7.43. The summed E-state index contributed by atoms with van der Waals surface area (Å²) in [5, 5.41) is 4.63. The molecule has 3 N–H and O–H groups in total. The number of thiophene rings is 1. The van der Waals surface area contributed by atoms with E-state index in [2.05, 4.69) is 16.2 Å². The fourth-order valence-electron chi connectivity index (χ4n) is 3.42. The Hall–Kier alpha value is -2.29. The average Bonchev–Trinajstić information content (AvgIpc) is 3.40. The normalized spacial score (nSPS) is 18.6. The Morgan fingerprint density at radius 1 is 1.28 bits per heavy atom. The molecule has 0 aliphatic carbocycles. The molecule has 1 fully saturated rings. The molecule has 0 saturated carbocycles. The maximum atomic E-state index is 13.4. The third-order valence-electron chi connectivity index (χ3n) is 5.07. The van der Waals surface area contributed by atoms with Crippen LogP contribution in [0.2, 0.25) is 0 Å². The lowest BCUT2D eigenvalue weighted by Gasteiger charge is -2.18. The largest absolute Gasteiger partial charge is 0.351 e. The second-order valence-electron chi connectivity index (χ2n) is 7.27. The number of rotatable bonds is 9. The van der Waals surface area contributed by atoms with E-state index in [4.69, 9.17) is 0 Å². The van der Waals surface area contributed by atoms with E-state index in [1.807, 2.05) is 17.5 Å². The number of amides is 2. The maximum Gasteiger partial charge on any atom is 0.261 e. The van der Waals surface area contributed by atoms with Gasteiger partial charge in [0.15, 0.2) is 0 Å². The van der Waals surface area contributed by atoms with Crippen molar-refractivity contribution in [3.8, 4) is 0 Å². The molecular weight excluding hydrogens is 391 g/mol. The lowest BCUT2D eigenvalue weighted by molar-refractivity contribution is -0.129. The van der Waals surface area contributed by atoms with Crippen molar-refractivity contribution in [3.63, 3.8) is 0 Å². The number of benzene rings is 1. The highest BCUT2D eigenvalue weighted by Gasteiger charge is 2.25. The minimum Gasteiger partial charge on any atom is -0.351 e. The number of hydrogen-bond donors (Lipinski definition) is 3. The van der Waals surface area contributed by atoms with E-state index in [0.29, 0.717) is 24.4 Å². The average molecular weight is 419 g/mol. The van der Waals surface area contributed by atoms with E-state index < -0.39 is 0 Å². The fraction of sp³-hybridized carbons (Fsp3) is 0.429. The molecule has 1 aromatic carbocycles. The number of hydrazine groups is 1. The molecule has 8 heteroatoms.